The molecule has 1 fully saturated rings. The molecule has 0 amide bonds. The van der Waals surface area contributed by atoms with Gasteiger partial charge in [-0.2, -0.15) is 13.2 Å². The van der Waals surface area contributed by atoms with Crippen molar-refractivity contribution in [2.45, 2.75) is 38.8 Å². The van der Waals surface area contributed by atoms with Crippen molar-refractivity contribution < 1.29 is 22.0 Å². The van der Waals surface area contributed by atoms with Gasteiger partial charge in [0.15, 0.2) is 0 Å². The van der Waals surface area contributed by atoms with Crippen LogP contribution in [-0.4, -0.2) is 0 Å². The Morgan fingerprint density at radius 1 is 0.870 bits per heavy atom. The van der Waals surface area contributed by atoms with Crippen molar-refractivity contribution in [1.29, 1.82) is 0 Å². The quantitative estimate of drug-likeness (QED) is 0.581. The maximum Gasteiger partial charge on any atom is 0.419 e. The van der Waals surface area contributed by atoms with Gasteiger partial charge in [0, 0.05) is 11.6 Å². The van der Waals surface area contributed by atoms with Crippen LogP contribution in [0.3, 0.4) is 0 Å². The molecule has 0 aromatic heterocycles. The van der Waals surface area contributed by atoms with Crippen molar-refractivity contribution in [3.05, 3.63) is 58.2 Å². The highest BCUT2D eigenvalue weighted by Gasteiger charge is 2.35. The molecule has 0 atom stereocenters. The Morgan fingerprint density at radius 2 is 1.43 bits per heavy atom. The fourth-order valence-electron chi connectivity index (χ4n) is 3.03. The highest BCUT2D eigenvalue weighted by Crippen LogP contribution is 2.43. The molecule has 3 rings (SSSR count). The molecule has 1 aliphatic rings. The van der Waals surface area contributed by atoms with E-state index in [0.29, 0.717) is 34.7 Å². The molecule has 0 unspecified atom stereocenters. The van der Waals surface area contributed by atoms with Gasteiger partial charge in [-0.25, -0.2) is 8.78 Å². The first-order valence-electron chi connectivity index (χ1n) is 7.36. The Balaban J connectivity index is 2.19. The van der Waals surface area contributed by atoms with Crippen molar-refractivity contribution in [2.75, 3.05) is 0 Å². The van der Waals surface area contributed by atoms with Crippen molar-refractivity contribution in [3.63, 3.8) is 0 Å². The molecule has 0 nitrogen and oxygen atoms in total. The van der Waals surface area contributed by atoms with Crippen molar-refractivity contribution in [2.24, 2.45) is 0 Å². The second kappa shape index (κ2) is 5.32. The summed E-state index contributed by atoms with van der Waals surface area (Å²) in [6, 6.07) is 4.65. The molecule has 122 valence electrons. The Morgan fingerprint density at radius 3 is 1.91 bits per heavy atom. The second-order valence-electron chi connectivity index (χ2n) is 6.11. The molecule has 5 heteroatoms. The van der Waals surface area contributed by atoms with Gasteiger partial charge in [-0.1, -0.05) is 12.1 Å². The summed E-state index contributed by atoms with van der Waals surface area (Å²) in [5.74, 6) is -2.09. The Kier molecular flexibility index (Phi) is 3.69. The number of rotatable bonds is 2. The molecule has 1 aliphatic carbocycles. The monoisotopic (exact) mass is 326 g/mol. The number of alkyl halides is 3. The van der Waals surface area contributed by atoms with E-state index in [4.69, 9.17) is 0 Å². The van der Waals surface area contributed by atoms with Crippen LogP contribution in [-0.2, 0) is 6.18 Å². The number of hydrogen-bond acceptors (Lipinski definition) is 0. The lowest BCUT2D eigenvalue weighted by Crippen LogP contribution is -2.09. The van der Waals surface area contributed by atoms with E-state index in [9.17, 15) is 22.0 Å². The van der Waals surface area contributed by atoms with E-state index in [1.807, 2.05) is 12.1 Å². The standard InChI is InChI=1S/C18H15F5/c1-9-5-12(11-3-4-11)6-10(2)17(9)13-7-14(18(21,22)23)16(20)8-15(13)19/h5-8,11H,3-4H2,1-2H3. The zero-order valence-electron chi connectivity index (χ0n) is 12.7. The molecule has 2 aromatic carbocycles. The van der Waals surface area contributed by atoms with E-state index in [2.05, 4.69) is 0 Å². The summed E-state index contributed by atoms with van der Waals surface area (Å²) in [5, 5.41) is 0. The molecule has 0 aliphatic heterocycles. The minimum Gasteiger partial charge on any atom is -0.206 e. The van der Waals surface area contributed by atoms with Crippen LogP contribution in [0.1, 0.15) is 41.0 Å². The van der Waals surface area contributed by atoms with E-state index in [0.717, 1.165) is 18.4 Å². The predicted octanol–water partition coefficient (Wildman–Crippen LogP) is 6.14. The second-order valence-corrected chi connectivity index (χ2v) is 6.11. The molecule has 0 N–H and O–H groups in total. The molecular weight excluding hydrogens is 311 g/mol. The third kappa shape index (κ3) is 2.96. The topological polar surface area (TPSA) is 0 Å². The van der Waals surface area contributed by atoms with Gasteiger partial charge in [0.1, 0.15) is 11.6 Å². The van der Waals surface area contributed by atoms with Crippen LogP contribution < -0.4 is 0 Å². The lowest BCUT2D eigenvalue weighted by atomic mass is 9.91. The zero-order chi connectivity index (χ0) is 16.9. The van der Waals surface area contributed by atoms with Gasteiger partial charge >= 0.3 is 6.18 Å². The maximum absolute atomic E-state index is 14.1. The largest absolute Gasteiger partial charge is 0.419 e. The van der Waals surface area contributed by atoms with E-state index in [1.54, 1.807) is 13.8 Å². The average molecular weight is 326 g/mol. The van der Waals surface area contributed by atoms with Crippen LogP contribution in [0.2, 0.25) is 0 Å². The summed E-state index contributed by atoms with van der Waals surface area (Å²) in [5.41, 5.74) is 1.27. The van der Waals surface area contributed by atoms with Crippen LogP contribution in [0.4, 0.5) is 22.0 Å². The van der Waals surface area contributed by atoms with Gasteiger partial charge in [-0.15, -0.1) is 0 Å². The first-order chi connectivity index (χ1) is 10.7. The van der Waals surface area contributed by atoms with Crippen LogP contribution in [0.15, 0.2) is 24.3 Å². The molecule has 0 heterocycles. The smallest absolute Gasteiger partial charge is 0.206 e. The highest BCUT2D eigenvalue weighted by atomic mass is 19.4. The lowest BCUT2D eigenvalue weighted by Gasteiger charge is -2.16. The fourth-order valence-corrected chi connectivity index (χ4v) is 3.03. The number of benzene rings is 2. The summed E-state index contributed by atoms with van der Waals surface area (Å²) in [7, 11) is 0. The summed E-state index contributed by atoms with van der Waals surface area (Å²) < 4.78 is 66.3. The summed E-state index contributed by atoms with van der Waals surface area (Å²) in [6.07, 6.45) is -2.66. The van der Waals surface area contributed by atoms with Gasteiger partial charge in [-0.05, 0) is 60.9 Å². The summed E-state index contributed by atoms with van der Waals surface area (Å²) in [4.78, 5) is 0. The van der Waals surface area contributed by atoms with Crippen molar-refractivity contribution in [1.82, 2.24) is 0 Å². The van der Waals surface area contributed by atoms with Gasteiger partial charge in [0.2, 0.25) is 0 Å². The SMILES string of the molecule is Cc1cc(C2CC2)cc(C)c1-c1cc(C(F)(F)F)c(F)cc1F. The molecule has 0 saturated heterocycles. The van der Waals surface area contributed by atoms with Crippen molar-refractivity contribution >= 4 is 0 Å². The van der Waals surface area contributed by atoms with Gasteiger partial charge in [-0.3, -0.25) is 0 Å². The third-order valence-electron chi connectivity index (χ3n) is 4.24. The maximum atomic E-state index is 14.1. The average Bonchev–Trinajstić information content (AvgIpc) is 3.22. The van der Waals surface area contributed by atoms with E-state index in [-0.39, 0.29) is 5.56 Å². The third-order valence-corrected chi connectivity index (χ3v) is 4.24. The van der Waals surface area contributed by atoms with Crippen LogP contribution in [0.5, 0.6) is 0 Å². The zero-order valence-corrected chi connectivity index (χ0v) is 12.7. The van der Waals surface area contributed by atoms with Crippen LogP contribution >= 0.6 is 0 Å². The molecule has 0 bridgehead atoms. The lowest BCUT2D eigenvalue weighted by molar-refractivity contribution is -0.140. The van der Waals surface area contributed by atoms with Crippen LogP contribution in [0.25, 0.3) is 11.1 Å². The number of aryl methyl sites for hydroxylation is 2. The van der Waals surface area contributed by atoms with Crippen LogP contribution in [0, 0.1) is 25.5 Å². The summed E-state index contributed by atoms with van der Waals surface area (Å²) in [6.45, 7) is 3.48. The Hall–Kier alpha value is -1.91. The van der Waals surface area contributed by atoms with Crippen molar-refractivity contribution in [3.8, 4) is 11.1 Å². The molecule has 0 radical (unpaired) electrons. The highest BCUT2D eigenvalue weighted by molar-refractivity contribution is 5.73. The molecular formula is C18H15F5. The Labute approximate surface area is 130 Å². The van der Waals surface area contributed by atoms with Gasteiger partial charge in [0.05, 0.1) is 5.56 Å². The van der Waals surface area contributed by atoms with E-state index < -0.39 is 23.4 Å². The molecule has 2 aromatic rings. The summed E-state index contributed by atoms with van der Waals surface area (Å²) >= 11 is 0. The number of hydrogen-bond donors (Lipinski definition) is 0. The van der Waals surface area contributed by atoms with E-state index in [1.165, 1.54) is 0 Å². The predicted molar refractivity (Wildman–Crippen MR) is 78.2 cm³/mol. The first-order valence-corrected chi connectivity index (χ1v) is 7.36. The molecule has 1 saturated carbocycles. The molecule has 0 spiro atoms. The fraction of sp³-hybridized carbons (Fsp3) is 0.333. The number of halogens is 5. The first kappa shape index (κ1) is 16.0. The minimum atomic E-state index is -4.86. The van der Waals surface area contributed by atoms with Gasteiger partial charge < -0.3 is 0 Å². The normalized spacial score (nSPS) is 15.1. The van der Waals surface area contributed by atoms with Gasteiger partial charge in [0.25, 0.3) is 0 Å². The van der Waals surface area contributed by atoms with E-state index >= 15 is 0 Å². The Bertz CT molecular complexity index is 747. The molecule has 23 heavy (non-hydrogen) atoms. The minimum absolute atomic E-state index is 0.212.